The number of amides is 2. The van der Waals surface area contributed by atoms with Gasteiger partial charge in [0.2, 0.25) is 5.91 Å². The zero-order chi connectivity index (χ0) is 20.0. The Bertz CT molecular complexity index is 820. The van der Waals surface area contributed by atoms with E-state index in [2.05, 4.69) is 12.2 Å². The first kappa shape index (κ1) is 19.4. The second kappa shape index (κ2) is 7.48. The zero-order valence-electron chi connectivity index (χ0n) is 15.9. The maximum atomic E-state index is 13.0. The van der Waals surface area contributed by atoms with Gasteiger partial charge in [-0.05, 0) is 43.6 Å². The molecule has 4 N–H and O–H groups in total. The highest BCUT2D eigenvalue weighted by atomic mass is 32.1. The molecular weight excluding hydrogens is 380 g/mol. The first-order valence-corrected chi connectivity index (χ1v) is 10.9. The molecule has 2 fully saturated rings. The van der Waals surface area contributed by atoms with Gasteiger partial charge in [0.05, 0.1) is 29.6 Å². The van der Waals surface area contributed by atoms with Crippen LogP contribution in [0.2, 0.25) is 0 Å². The molecule has 1 aromatic heterocycles. The van der Waals surface area contributed by atoms with Crippen molar-refractivity contribution in [2.24, 2.45) is 23.5 Å². The highest BCUT2D eigenvalue weighted by Crippen LogP contribution is 2.45. The van der Waals surface area contributed by atoms with Crippen molar-refractivity contribution in [3.8, 4) is 0 Å². The lowest BCUT2D eigenvalue weighted by Crippen LogP contribution is -2.41. The van der Waals surface area contributed by atoms with E-state index in [0.717, 1.165) is 42.5 Å². The van der Waals surface area contributed by atoms with E-state index in [1.807, 2.05) is 0 Å². The molecule has 4 rings (SSSR count). The number of carbonyl (C=O) groups is 3. The fourth-order valence-electron chi connectivity index (χ4n) is 5.18. The Morgan fingerprint density at radius 2 is 1.93 bits per heavy atom. The molecule has 1 aromatic rings. The number of carboxylic acid groups (broad SMARTS) is 1. The van der Waals surface area contributed by atoms with Crippen LogP contribution in [0.1, 0.15) is 59.8 Å². The second-order valence-electron chi connectivity index (χ2n) is 8.14. The molecule has 2 aliphatic heterocycles. The molecule has 0 spiro atoms. The minimum absolute atomic E-state index is 0.369. The van der Waals surface area contributed by atoms with Crippen LogP contribution in [0, 0.1) is 17.8 Å². The summed E-state index contributed by atoms with van der Waals surface area (Å²) in [5.41, 5.74) is 7.00. The number of rotatable bonds is 6. The standard InChI is InChI=1S/C20H26N2O5S/c1-2-3-9-4-5-10-13(8-9)28-19(14(10)17(21)23)22-18(24)15-11-6-7-12(27-11)16(15)20(25)26/h9,11-12,15-16H,2-8H2,1H3,(H2,21,23)(H,22,24)(H,25,26)/t9-,11+,12-,15-,16+/m1/s1. The van der Waals surface area contributed by atoms with Gasteiger partial charge in [0.25, 0.3) is 5.91 Å². The summed E-state index contributed by atoms with van der Waals surface area (Å²) in [6.07, 6.45) is 5.57. The number of carbonyl (C=O) groups excluding carboxylic acids is 2. The predicted molar refractivity (Wildman–Crippen MR) is 104 cm³/mol. The van der Waals surface area contributed by atoms with Gasteiger partial charge >= 0.3 is 5.97 Å². The van der Waals surface area contributed by atoms with Crippen molar-refractivity contribution in [1.29, 1.82) is 0 Å². The van der Waals surface area contributed by atoms with Crippen LogP contribution in [-0.2, 0) is 27.2 Å². The van der Waals surface area contributed by atoms with Crippen molar-refractivity contribution in [2.45, 2.75) is 64.1 Å². The smallest absolute Gasteiger partial charge is 0.310 e. The molecular formula is C20H26N2O5S. The van der Waals surface area contributed by atoms with Crippen molar-refractivity contribution in [1.82, 2.24) is 0 Å². The molecule has 28 heavy (non-hydrogen) atoms. The van der Waals surface area contributed by atoms with Crippen LogP contribution in [-0.4, -0.2) is 35.1 Å². The van der Waals surface area contributed by atoms with Crippen LogP contribution in [0.5, 0.6) is 0 Å². The highest BCUT2D eigenvalue weighted by Gasteiger charge is 2.55. The van der Waals surface area contributed by atoms with Crippen LogP contribution >= 0.6 is 11.3 Å². The Hall–Kier alpha value is -1.93. The normalized spacial score (nSPS) is 30.8. The summed E-state index contributed by atoms with van der Waals surface area (Å²) in [5, 5.41) is 12.9. The number of hydrogen-bond acceptors (Lipinski definition) is 5. The summed E-state index contributed by atoms with van der Waals surface area (Å²) >= 11 is 1.42. The monoisotopic (exact) mass is 406 g/mol. The Morgan fingerprint density at radius 3 is 2.57 bits per heavy atom. The van der Waals surface area contributed by atoms with Gasteiger partial charge in [0, 0.05) is 4.88 Å². The molecule has 0 unspecified atom stereocenters. The summed E-state index contributed by atoms with van der Waals surface area (Å²) in [4.78, 5) is 37.9. The third-order valence-corrected chi connectivity index (χ3v) is 7.58. The molecule has 8 heteroatoms. The van der Waals surface area contributed by atoms with Crippen molar-refractivity contribution < 1.29 is 24.2 Å². The van der Waals surface area contributed by atoms with Crippen LogP contribution in [0.25, 0.3) is 0 Å². The molecule has 2 amide bonds. The molecule has 2 bridgehead atoms. The Morgan fingerprint density at radius 1 is 1.21 bits per heavy atom. The van der Waals surface area contributed by atoms with Crippen LogP contribution in [0.3, 0.4) is 0 Å². The van der Waals surface area contributed by atoms with E-state index >= 15 is 0 Å². The van der Waals surface area contributed by atoms with Gasteiger partial charge in [-0.1, -0.05) is 19.8 Å². The van der Waals surface area contributed by atoms with E-state index in [1.165, 1.54) is 11.3 Å². The fraction of sp³-hybridized carbons (Fsp3) is 0.650. The van der Waals surface area contributed by atoms with Crippen molar-refractivity contribution in [3.05, 3.63) is 16.0 Å². The SMILES string of the molecule is CCC[C@@H]1CCc2c(sc(NC(=O)[C@H]3[C@@H](C(=O)O)[C@H]4CC[C@@H]3O4)c2C(N)=O)C1. The van der Waals surface area contributed by atoms with Gasteiger partial charge < -0.3 is 20.9 Å². The number of anilines is 1. The van der Waals surface area contributed by atoms with Gasteiger partial charge in [-0.3, -0.25) is 14.4 Å². The highest BCUT2D eigenvalue weighted by molar-refractivity contribution is 7.17. The largest absolute Gasteiger partial charge is 0.481 e. The topological polar surface area (TPSA) is 119 Å². The number of nitrogens with one attached hydrogen (secondary N) is 1. The summed E-state index contributed by atoms with van der Waals surface area (Å²) in [7, 11) is 0. The summed E-state index contributed by atoms with van der Waals surface area (Å²) in [6, 6.07) is 0. The summed E-state index contributed by atoms with van der Waals surface area (Å²) in [5.74, 6) is -2.90. The number of carboxylic acids is 1. The van der Waals surface area contributed by atoms with E-state index in [1.54, 1.807) is 0 Å². The molecule has 3 heterocycles. The van der Waals surface area contributed by atoms with Gasteiger partial charge in [0.1, 0.15) is 5.00 Å². The molecule has 0 aromatic carbocycles. The van der Waals surface area contributed by atoms with Crippen molar-refractivity contribution >= 4 is 34.1 Å². The molecule has 2 saturated heterocycles. The van der Waals surface area contributed by atoms with Crippen molar-refractivity contribution in [3.63, 3.8) is 0 Å². The number of fused-ring (bicyclic) bond motifs is 3. The molecule has 5 atom stereocenters. The Kier molecular flexibility index (Phi) is 5.18. The average molecular weight is 407 g/mol. The lowest BCUT2D eigenvalue weighted by Gasteiger charge is -2.23. The van der Waals surface area contributed by atoms with Gasteiger partial charge in [-0.2, -0.15) is 0 Å². The third kappa shape index (κ3) is 3.22. The van der Waals surface area contributed by atoms with E-state index in [0.29, 0.717) is 29.3 Å². The van der Waals surface area contributed by atoms with Gasteiger partial charge in [-0.25, -0.2) is 0 Å². The number of aliphatic carboxylic acids is 1. The number of nitrogens with two attached hydrogens (primary N) is 1. The quantitative estimate of drug-likeness (QED) is 0.671. The number of hydrogen-bond donors (Lipinski definition) is 3. The fourth-order valence-corrected chi connectivity index (χ4v) is 6.55. The van der Waals surface area contributed by atoms with E-state index < -0.39 is 29.8 Å². The lowest BCUT2D eigenvalue weighted by atomic mass is 9.78. The van der Waals surface area contributed by atoms with Gasteiger partial charge in [0.15, 0.2) is 0 Å². The van der Waals surface area contributed by atoms with Crippen LogP contribution in [0.4, 0.5) is 5.00 Å². The third-order valence-electron chi connectivity index (χ3n) is 6.41. The van der Waals surface area contributed by atoms with Crippen LogP contribution in [0.15, 0.2) is 0 Å². The Balaban J connectivity index is 1.59. The molecule has 0 radical (unpaired) electrons. The lowest BCUT2D eigenvalue weighted by molar-refractivity contribution is -0.147. The maximum absolute atomic E-state index is 13.0. The molecule has 0 saturated carbocycles. The molecule has 152 valence electrons. The average Bonchev–Trinajstić information content (AvgIpc) is 3.33. The Labute approximate surface area is 167 Å². The number of ether oxygens (including phenoxy) is 1. The second-order valence-corrected chi connectivity index (χ2v) is 9.24. The van der Waals surface area contributed by atoms with Gasteiger partial charge in [-0.15, -0.1) is 11.3 Å². The van der Waals surface area contributed by atoms with E-state index in [-0.39, 0.29) is 12.0 Å². The minimum Gasteiger partial charge on any atom is -0.481 e. The zero-order valence-corrected chi connectivity index (χ0v) is 16.7. The molecule has 1 aliphatic carbocycles. The van der Waals surface area contributed by atoms with Crippen LogP contribution < -0.4 is 11.1 Å². The minimum atomic E-state index is -1.00. The number of primary amides is 1. The number of thiophene rings is 1. The molecule has 7 nitrogen and oxygen atoms in total. The predicted octanol–water partition coefficient (Wildman–Crippen LogP) is 2.57. The molecule has 3 aliphatic rings. The maximum Gasteiger partial charge on any atom is 0.310 e. The van der Waals surface area contributed by atoms with Crippen molar-refractivity contribution in [2.75, 3.05) is 5.32 Å². The van der Waals surface area contributed by atoms with E-state index in [4.69, 9.17) is 10.5 Å². The first-order valence-electron chi connectivity index (χ1n) is 10.0. The summed E-state index contributed by atoms with van der Waals surface area (Å²) in [6.45, 7) is 2.17. The summed E-state index contributed by atoms with van der Waals surface area (Å²) < 4.78 is 5.69. The van der Waals surface area contributed by atoms with E-state index in [9.17, 15) is 19.5 Å². The first-order chi connectivity index (χ1) is 13.4.